The van der Waals surface area contributed by atoms with Crippen LogP contribution in [0.5, 0.6) is 0 Å². The Kier molecular flexibility index (Phi) is 3.87. The first-order valence-electron chi connectivity index (χ1n) is 6.38. The zero-order valence-corrected chi connectivity index (χ0v) is 12.4. The first-order valence-corrected chi connectivity index (χ1v) is 8.08. The molecule has 0 fully saturated rings. The summed E-state index contributed by atoms with van der Waals surface area (Å²) in [5.41, 5.74) is 1.21. The fourth-order valence-electron chi connectivity index (χ4n) is 1.95. The Hall–Kier alpha value is -1.30. The standard InChI is InChI=1S/C14H15N3S2/c1-2-7-15-8-13-16-17-14(19-13)11-9-18-12-6-4-3-5-10(11)12/h3-6,9,15H,2,7-8H2,1H3. The highest BCUT2D eigenvalue weighted by atomic mass is 32.1. The van der Waals surface area contributed by atoms with Crippen molar-refractivity contribution in [1.82, 2.24) is 15.5 Å². The highest BCUT2D eigenvalue weighted by Gasteiger charge is 2.11. The first kappa shape index (κ1) is 12.7. The van der Waals surface area contributed by atoms with Gasteiger partial charge in [0, 0.05) is 27.6 Å². The highest BCUT2D eigenvalue weighted by molar-refractivity contribution is 7.19. The molecule has 0 aliphatic carbocycles. The number of nitrogens with zero attached hydrogens (tertiary/aromatic N) is 2. The molecule has 3 nitrogen and oxygen atoms in total. The number of thiophene rings is 1. The summed E-state index contributed by atoms with van der Waals surface area (Å²) in [7, 11) is 0. The Morgan fingerprint density at radius 3 is 3.00 bits per heavy atom. The molecule has 0 amide bonds. The van der Waals surface area contributed by atoms with Gasteiger partial charge in [-0.3, -0.25) is 0 Å². The average Bonchev–Trinajstić information content (AvgIpc) is 3.05. The predicted octanol–water partition coefficient (Wildman–Crippen LogP) is 3.92. The molecule has 0 radical (unpaired) electrons. The van der Waals surface area contributed by atoms with Crippen LogP contribution < -0.4 is 5.32 Å². The number of hydrogen-bond acceptors (Lipinski definition) is 5. The Morgan fingerprint density at radius 1 is 1.21 bits per heavy atom. The van der Waals surface area contributed by atoms with Crippen LogP contribution >= 0.6 is 22.7 Å². The third-order valence-corrected chi connectivity index (χ3v) is 4.80. The van der Waals surface area contributed by atoms with Gasteiger partial charge in [-0.05, 0) is 19.0 Å². The molecule has 0 unspecified atom stereocenters. The van der Waals surface area contributed by atoms with Crippen LogP contribution in [0, 0.1) is 0 Å². The monoisotopic (exact) mass is 289 g/mol. The van der Waals surface area contributed by atoms with E-state index in [1.54, 1.807) is 22.7 Å². The van der Waals surface area contributed by atoms with Gasteiger partial charge in [-0.2, -0.15) is 0 Å². The van der Waals surface area contributed by atoms with E-state index in [1.807, 2.05) is 0 Å². The van der Waals surface area contributed by atoms with Gasteiger partial charge in [-0.25, -0.2) is 0 Å². The summed E-state index contributed by atoms with van der Waals surface area (Å²) in [4.78, 5) is 0. The molecule has 0 aliphatic heterocycles. The van der Waals surface area contributed by atoms with E-state index in [0.717, 1.165) is 29.5 Å². The number of aromatic nitrogens is 2. The van der Waals surface area contributed by atoms with Gasteiger partial charge >= 0.3 is 0 Å². The van der Waals surface area contributed by atoms with E-state index in [9.17, 15) is 0 Å². The zero-order valence-electron chi connectivity index (χ0n) is 10.7. The van der Waals surface area contributed by atoms with E-state index < -0.39 is 0 Å². The number of rotatable bonds is 5. The highest BCUT2D eigenvalue weighted by Crippen LogP contribution is 2.35. The van der Waals surface area contributed by atoms with Gasteiger partial charge in [0.2, 0.25) is 0 Å². The molecular weight excluding hydrogens is 274 g/mol. The van der Waals surface area contributed by atoms with E-state index in [1.165, 1.54) is 15.6 Å². The van der Waals surface area contributed by atoms with E-state index in [-0.39, 0.29) is 0 Å². The van der Waals surface area contributed by atoms with Crippen LogP contribution in [0.2, 0.25) is 0 Å². The van der Waals surface area contributed by atoms with Crippen molar-refractivity contribution >= 4 is 32.8 Å². The minimum absolute atomic E-state index is 0.813. The second kappa shape index (κ2) is 5.77. The van der Waals surface area contributed by atoms with E-state index in [2.05, 4.69) is 52.1 Å². The molecule has 3 rings (SSSR count). The third kappa shape index (κ3) is 2.68. The maximum Gasteiger partial charge on any atom is 0.149 e. The molecule has 0 bridgehead atoms. The summed E-state index contributed by atoms with van der Waals surface area (Å²) in [6.07, 6.45) is 1.14. The van der Waals surface area contributed by atoms with Crippen molar-refractivity contribution in [2.75, 3.05) is 6.54 Å². The molecule has 1 N–H and O–H groups in total. The molecule has 0 aliphatic rings. The van der Waals surface area contributed by atoms with Crippen molar-refractivity contribution in [1.29, 1.82) is 0 Å². The SMILES string of the molecule is CCCNCc1nnc(-c2csc3ccccc23)s1. The molecule has 1 aromatic carbocycles. The quantitative estimate of drug-likeness (QED) is 0.723. The largest absolute Gasteiger partial charge is 0.310 e. The smallest absolute Gasteiger partial charge is 0.149 e. The summed E-state index contributed by atoms with van der Waals surface area (Å²) in [6.45, 7) is 4.00. The second-order valence-corrected chi connectivity index (χ2v) is 6.30. The Morgan fingerprint density at radius 2 is 2.11 bits per heavy atom. The van der Waals surface area contributed by atoms with Crippen molar-refractivity contribution in [3.8, 4) is 10.6 Å². The lowest BCUT2D eigenvalue weighted by Gasteiger charge is -1.96. The van der Waals surface area contributed by atoms with Crippen molar-refractivity contribution in [2.45, 2.75) is 19.9 Å². The average molecular weight is 289 g/mol. The Labute approximate surface area is 120 Å². The zero-order chi connectivity index (χ0) is 13.1. The summed E-state index contributed by atoms with van der Waals surface area (Å²) in [5, 5.41) is 17.5. The van der Waals surface area contributed by atoms with Crippen LogP contribution in [-0.2, 0) is 6.54 Å². The third-order valence-electron chi connectivity index (χ3n) is 2.88. The number of hydrogen-bond donors (Lipinski definition) is 1. The van der Waals surface area contributed by atoms with Gasteiger partial charge in [0.1, 0.15) is 10.0 Å². The Balaban J connectivity index is 1.86. The van der Waals surface area contributed by atoms with Crippen LogP contribution in [0.1, 0.15) is 18.4 Å². The maximum atomic E-state index is 4.32. The lowest BCUT2D eigenvalue weighted by molar-refractivity contribution is 0.668. The van der Waals surface area contributed by atoms with Crippen molar-refractivity contribution in [3.05, 3.63) is 34.7 Å². The molecule has 0 saturated carbocycles. The van der Waals surface area contributed by atoms with Crippen molar-refractivity contribution in [2.24, 2.45) is 0 Å². The van der Waals surface area contributed by atoms with Gasteiger partial charge in [-0.15, -0.1) is 21.5 Å². The predicted molar refractivity (Wildman–Crippen MR) is 82.7 cm³/mol. The van der Waals surface area contributed by atoms with Gasteiger partial charge in [0.25, 0.3) is 0 Å². The normalized spacial score (nSPS) is 11.2. The lowest BCUT2D eigenvalue weighted by Crippen LogP contribution is -2.13. The molecule has 3 aromatic rings. The fraction of sp³-hybridized carbons (Fsp3) is 0.286. The molecule has 2 aromatic heterocycles. The van der Waals surface area contributed by atoms with Crippen LogP contribution in [0.4, 0.5) is 0 Å². The minimum atomic E-state index is 0.813. The molecule has 0 atom stereocenters. The summed E-state index contributed by atoms with van der Waals surface area (Å²) >= 11 is 3.44. The minimum Gasteiger partial charge on any atom is -0.310 e. The topological polar surface area (TPSA) is 37.8 Å². The van der Waals surface area contributed by atoms with E-state index in [4.69, 9.17) is 0 Å². The van der Waals surface area contributed by atoms with E-state index in [0.29, 0.717) is 0 Å². The maximum absolute atomic E-state index is 4.32. The van der Waals surface area contributed by atoms with E-state index >= 15 is 0 Å². The molecule has 98 valence electrons. The van der Waals surface area contributed by atoms with Crippen LogP contribution in [0.25, 0.3) is 20.7 Å². The van der Waals surface area contributed by atoms with Crippen molar-refractivity contribution in [3.63, 3.8) is 0 Å². The number of benzene rings is 1. The van der Waals surface area contributed by atoms with Gasteiger partial charge in [0.05, 0.1) is 0 Å². The summed E-state index contributed by atoms with van der Waals surface area (Å²) in [6, 6.07) is 8.44. The molecule has 5 heteroatoms. The molecular formula is C14H15N3S2. The van der Waals surface area contributed by atoms with Gasteiger partial charge in [-0.1, -0.05) is 36.5 Å². The van der Waals surface area contributed by atoms with Gasteiger partial charge in [0.15, 0.2) is 0 Å². The number of fused-ring (bicyclic) bond motifs is 1. The second-order valence-electron chi connectivity index (χ2n) is 4.32. The van der Waals surface area contributed by atoms with Crippen LogP contribution in [0.3, 0.4) is 0 Å². The number of nitrogens with one attached hydrogen (secondary N) is 1. The first-order chi connectivity index (χ1) is 9.38. The molecule has 19 heavy (non-hydrogen) atoms. The van der Waals surface area contributed by atoms with Crippen LogP contribution in [-0.4, -0.2) is 16.7 Å². The fourth-order valence-corrected chi connectivity index (χ4v) is 3.81. The van der Waals surface area contributed by atoms with Gasteiger partial charge < -0.3 is 5.32 Å². The summed E-state index contributed by atoms with van der Waals surface area (Å²) < 4.78 is 1.30. The Bertz CT molecular complexity index is 672. The molecule has 2 heterocycles. The summed E-state index contributed by atoms with van der Waals surface area (Å²) in [5.74, 6) is 0. The molecule has 0 spiro atoms. The van der Waals surface area contributed by atoms with Crippen molar-refractivity contribution < 1.29 is 0 Å². The lowest BCUT2D eigenvalue weighted by atomic mass is 10.2. The van der Waals surface area contributed by atoms with Crippen LogP contribution in [0.15, 0.2) is 29.6 Å². The molecule has 0 saturated heterocycles.